The molecular weight excluding hydrogens is 330 g/mol. The van der Waals surface area contributed by atoms with Crippen LogP contribution in [0.25, 0.3) is 11.0 Å². The minimum atomic E-state index is -0.597. The Labute approximate surface area is 139 Å². The molecule has 1 N–H and O–H groups in total. The largest absolute Gasteiger partial charge is 0.472 e. The lowest BCUT2D eigenvalue weighted by atomic mass is 10.4. The molecule has 0 saturated heterocycles. The molecule has 0 spiro atoms. The second kappa shape index (κ2) is 6.13. The first-order valence-electron chi connectivity index (χ1n) is 7.02. The Morgan fingerprint density at radius 1 is 1.17 bits per heavy atom. The van der Waals surface area contributed by atoms with E-state index in [0.29, 0.717) is 21.4 Å². The lowest BCUT2D eigenvalue weighted by Crippen LogP contribution is -2.15. The topological polar surface area (TPSA) is 77.8 Å². The number of anilines is 1. The number of rotatable bonds is 2. The fourth-order valence-corrected chi connectivity index (χ4v) is 2.64. The highest BCUT2D eigenvalue weighted by Crippen LogP contribution is 2.22. The van der Waals surface area contributed by atoms with Crippen LogP contribution in [-0.2, 0) is 0 Å². The van der Waals surface area contributed by atoms with Gasteiger partial charge >= 0.3 is 6.09 Å². The van der Waals surface area contributed by atoms with E-state index in [9.17, 15) is 4.79 Å². The van der Waals surface area contributed by atoms with Crippen LogP contribution in [0.15, 0.2) is 73.8 Å². The summed E-state index contributed by atoms with van der Waals surface area (Å²) in [4.78, 5) is 12.0. The van der Waals surface area contributed by atoms with Gasteiger partial charge < -0.3 is 18.0 Å². The molecule has 2 aliphatic heterocycles. The number of carbonyl (C=O) groups excluding carboxylic acids is 1. The predicted octanol–water partition coefficient (Wildman–Crippen LogP) is 5.14. The molecule has 7 heteroatoms. The summed E-state index contributed by atoms with van der Waals surface area (Å²) in [6, 6.07) is 10.3. The highest BCUT2D eigenvalue weighted by atomic mass is 32.1. The van der Waals surface area contributed by atoms with E-state index in [4.69, 9.17) is 18.0 Å². The zero-order valence-corrected chi connectivity index (χ0v) is 13.0. The van der Waals surface area contributed by atoms with E-state index in [1.54, 1.807) is 42.9 Å². The Bertz CT molecular complexity index is 1090. The van der Waals surface area contributed by atoms with E-state index in [0.717, 1.165) is 5.39 Å². The average Bonchev–Trinajstić information content (AvgIpc) is 2.92. The number of fused-ring (bicyclic) bond motifs is 1. The van der Waals surface area contributed by atoms with Crippen LogP contribution in [0, 0.1) is 10.8 Å². The molecule has 0 radical (unpaired) electrons. The van der Waals surface area contributed by atoms with Gasteiger partial charge in [0, 0.05) is 6.07 Å². The van der Waals surface area contributed by atoms with E-state index in [-0.39, 0.29) is 5.75 Å². The zero-order chi connectivity index (χ0) is 16.4. The van der Waals surface area contributed by atoms with Crippen molar-refractivity contribution in [3.05, 3.63) is 71.4 Å². The Morgan fingerprint density at radius 2 is 2.12 bits per heavy atom. The lowest BCUT2D eigenvalue weighted by molar-refractivity contribution is 0.214. The summed E-state index contributed by atoms with van der Waals surface area (Å²) in [5, 5.41) is 5.98. The van der Waals surface area contributed by atoms with Gasteiger partial charge in [-0.2, -0.15) is 0 Å². The lowest BCUT2D eigenvalue weighted by Gasteiger charge is -2.01. The molecule has 0 unspecified atom stereocenters. The summed E-state index contributed by atoms with van der Waals surface area (Å²) < 4.78 is 21.4. The highest BCUT2D eigenvalue weighted by Gasteiger charge is 2.12. The van der Waals surface area contributed by atoms with Crippen molar-refractivity contribution in [2.75, 3.05) is 5.32 Å². The number of furan rings is 1. The molecule has 0 aromatic carbocycles. The van der Waals surface area contributed by atoms with E-state index in [1.807, 2.05) is 11.4 Å². The van der Waals surface area contributed by atoms with Gasteiger partial charge in [0.1, 0.15) is 11.8 Å². The van der Waals surface area contributed by atoms with Gasteiger partial charge in [0.25, 0.3) is 0 Å². The standard InChI is InChI=1S/C17H11NO5S/c19-17(18-15-4-2-8-24-15)23-12-3-1-6-20-10-11-5-7-21-13(11)9-14-16(12)22-14/h1-10H,(H,18,19). The van der Waals surface area contributed by atoms with Crippen LogP contribution in [-0.4, -0.2) is 6.09 Å². The smallest absolute Gasteiger partial charge is 0.417 e. The molecule has 0 bridgehead atoms. The number of thiophene rings is 1. The van der Waals surface area contributed by atoms with Crippen LogP contribution in [0.5, 0.6) is 5.75 Å². The summed E-state index contributed by atoms with van der Waals surface area (Å²) in [7, 11) is 0. The SMILES string of the molecule is O=C(Nc1cccs1)Oc1cccocc2ccoc2cc2oc1=2. The molecule has 2 aromatic heterocycles. The third kappa shape index (κ3) is 3.11. The van der Waals surface area contributed by atoms with Crippen molar-refractivity contribution in [2.45, 2.75) is 0 Å². The number of amides is 1. The van der Waals surface area contributed by atoms with Crippen molar-refractivity contribution in [3.63, 3.8) is 0 Å². The number of hydrogen-bond acceptors (Lipinski definition) is 6. The molecule has 120 valence electrons. The maximum atomic E-state index is 12.0. The van der Waals surface area contributed by atoms with E-state index in [2.05, 4.69) is 5.32 Å². The van der Waals surface area contributed by atoms with Crippen LogP contribution in [0.4, 0.5) is 9.80 Å². The number of hydrogen-bond donors (Lipinski definition) is 1. The Balaban J connectivity index is 1.72. The molecule has 2 aliphatic rings. The summed E-state index contributed by atoms with van der Waals surface area (Å²) in [6.07, 6.45) is 3.98. The third-order valence-electron chi connectivity index (χ3n) is 3.16. The third-order valence-corrected chi connectivity index (χ3v) is 3.94. The molecule has 4 heterocycles. The molecule has 6 nitrogen and oxygen atoms in total. The molecule has 24 heavy (non-hydrogen) atoms. The van der Waals surface area contributed by atoms with Crippen molar-refractivity contribution in [1.82, 2.24) is 0 Å². The fraction of sp³-hybridized carbons (Fsp3) is 0. The van der Waals surface area contributed by atoms with Gasteiger partial charge in [-0.25, -0.2) is 4.79 Å². The highest BCUT2D eigenvalue weighted by molar-refractivity contribution is 7.14. The summed E-state index contributed by atoms with van der Waals surface area (Å²) in [6.45, 7) is 0. The summed E-state index contributed by atoms with van der Waals surface area (Å²) in [5.41, 5.74) is 1.65. The molecule has 0 saturated carbocycles. The molecule has 1 amide bonds. The van der Waals surface area contributed by atoms with Gasteiger partial charge in [-0.05, 0) is 35.7 Å². The Kier molecular flexibility index (Phi) is 3.68. The van der Waals surface area contributed by atoms with Crippen molar-refractivity contribution in [1.29, 1.82) is 0 Å². The van der Waals surface area contributed by atoms with Crippen LogP contribution >= 0.6 is 11.3 Å². The maximum Gasteiger partial charge on any atom is 0.417 e. The van der Waals surface area contributed by atoms with Crippen molar-refractivity contribution in [2.24, 2.45) is 0 Å². The normalized spacial score (nSPS) is 10.7. The van der Waals surface area contributed by atoms with Crippen molar-refractivity contribution < 1.29 is 22.8 Å². The van der Waals surface area contributed by atoms with Gasteiger partial charge in [-0.3, -0.25) is 5.32 Å². The average molecular weight is 341 g/mol. The Morgan fingerprint density at radius 3 is 3.00 bits per heavy atom. The maximum absolute atomic E-state index is 12.0. The first-order valence-corrected chi connectivity index (χ1v) is 7.90. The molecule has 0 atom stereocenters. The first-order chi connectivity index (χ1) is 11.8. The Hall–Kier alpha value is -3.19. The minimum absolute atomic E-state index is 0.283. The fourth-order valence-electron chi connectivity index (χ4n) is 2.03. The number of nitrogens with one attached hydrogen (secondary N) is 1. The minimum Gasteiger partial charge on any atom is -0.472 e. The van der Waals surface area contributed by atoms with E-state index >= 15 is 0 Å². The summed E-state index contributed by atoms with van der Waals surface area (Å²) >= 11 is 1.40. The summed E-state index contributed by atoms with van der Waals surface area (Å²) in [5.74, 6) is 0.283. The second-order valence-electron chi connectivity index (χ2n) is 4.79. The van der Waals surface area contributed by atoms with Crippen LogP contribution in [0.1, 0.15) is 0 Å². The van der Waals surface area contributed by atoms with Gasteiger partial charge in [0.15, 0.2) is 11.2 Å². The van der Waals surface area contributed by atoms with Gasteiger partial charge in [-0.1, -0.05) is 0 Å². The monoisotopic (exact) mass is 341 g/mol. The molecule has 0 aliphatic carbocycles. The van der Waals surface area contributed by atoms with Crippen molar-refractivity contribution in [3.8, 4) is 5.75 Å². The van der Waals surface area contributed by atoms with Crippen LogP contribution < -0.4 is 10.1 Å². The van der Waals surface area contributed by atoms with Gasteiger partial charge in [0.05, 0.1) is 22.9 Å². The number of carbonyl (C=O) groups is 1. The first kappa shape index (κ1) is 14.4. The molecule has 0 fully saturated rings. The van der Waals surface area contributed by atoms with E-state index in [1.165, 1.54) is 17.6 Å². The molecule has 4 rings (SSSR count). The zero-order valence-electron chi connectivity index (χ0n) is 12.2. The molecule has 2 aromatic rings. The predicted molar refractivity (Wildman–Crippen MR) is 87.6 cm³/mol. The van der Waals surface area contributed by atoms with Gasteiger partial charge in [-0.15, -0.1) is 11.3 Å². The molecular formula is C17H11NO5S. The van der Waals surface area contributed by atoms with E-state index < -0.39 is 6.09 Å². The van der Waals surface area contributed by atoms with Gasteiger partial charge in [0.2, 0.25) is 5.42 Å². The van der Waals surface area contributed by atoms with Crippen molar-refractivity contribution >= 4 is 33.4 Å². The van der Waals surface area contributed by atoms with Crippen LogP contribution in [0.3, 0.4) is 0 Å². The quantitative estimate of drug-likeness (QED) is 0.546. The number of ether oxygens (including phenoxy) is 1. The van der Waals surface area contributed by atoms with Crippen LogP contribution in [0.2, 0.25) is 0 Å². The second-order valence-corrected chi connectivity index (χ2v) is 5.73.